The molecule has 4 N–H and O–H groups in total. The van der Waals surface area contributed by atoms with Crippen molar-refractivity contribution in [3.05, 3.63) is 35.9 Å². The molecule has 0 unspecified atom stereocenters. The fraction of sp³-hybridized carbons (Fsp3) is 0.100. The number of para-hydroxylation sites is 1. The van der Waals surface area contributed by atoms with E-state index in [0.29, 0.717) is 11.4 Å². The van der Waals surface area contributed by atoms with Crippen molar-refractivity contribution in [3.63, 3.8) is 0 Å². The van der Waals surface area contributed by atoms with Crippen LogP contribution in [0.3, 0.4) is 0 Å². The summed E-state index contributed by atoms with van der Waals surface area (Å²) in [6, 6.07) is 9.56. The lowest BCUT2D eigenvalue weighted by atomic mass is 10.1. The molecular formula is C10H11N3O. The molecule has 4 heteroatoms. The maximum absolute atomic E-state index is 9.07. The van der Waals surface area contributed by atoms with Gasteiger partial charge in [0.25, 0.3) is 0 Å². The summed E-state index contributed by atoms with van der Waals surface area (Å²) in [7, 11) is 0. The van der Waals surface area contributed by atoms with Crippen molar-refractivity contribution >= 4 is 16.7 Å². The number of aliphatic hydroxyl groups excluding tert-OH is 1. The number of hydrogen-bond acceptors (Lipinski definition) is 4. The van der Waals surface area contributed by atoms with Gasteiger partial charge in [-0.25, -0.2) is 10.8 Å². The van der Waals surface area contributed by atoms with Crippen molar-refractivity contribution in [1.29, 1.82) is 0 Å². The first-order chi connectivity index (χ1) is 6.85. The topological polar surface area (TPSA) is 71.2 Å². The van der Waals surface area contributed by atoms with E-state index in [2.05, 4.69) is 10.4 Å². The van der Waals surface area contributed by atoms with E-state index < -0.39 is 0 Å². The third-order valence-electron chi connectivity index (χ3n) is 2.11. The molecule has 0 aliphatic carbocycles. The first-order valence-corrected chi connectivity index (χ1v) is 4.31. The maximum Gasteiger partial charge on any atom is 0.146 e. The predicted octanol–water partition coefficient (Wildman–Crippen LogP) is 1.01. The smallest absolute Gasteiger partial charge is 0.146 e. The summed E-state index contributed by atoms with van der Waals surface area (Å²) in [6.07, 6.45) is 0. The average molecular weight is 189 g/mol. The van der Waals surface area contributed by atoms with E-state index in [0.717, 1.165) is 10.9 Å². The molecule has 1 heterocycles. The third kappa shape index (κ3) is 1.41. The first-order valence-electron chi connectivity index (χ1n) is 4.31. The lowest BCUT2D eigenvalue weighted by Gasteiger charge is -2.07. The van der Waals surface area contributed by atoms with Gasteiger partial charge in [0, 0.05) is 10.9 Å². The van der Waals surface area contributed by atoms with Gasteiger partial charge >= 0.3 is 0 Å². The summed E-state index contributed by atoms with van der Waals surface area (Å²) >= 11 is 0. The van der Waals surface area contributed by atoms with E-state index in [4.69, 9.17) is 10.9 Å². The number of anilines is 1. The summed E-state index contributed by atoms with van der Waals surface area (Å²) in [6.45, 7) is -0.0721. The van der Waals surface area contributed by atoms with Gasteiger partial charge in [-0.1, -0.05) is 18.2 Å². The van der Waals surface area contributed by atoms with E-state index in [1.54, 1.807) is 0 Å². The second-order valence-electron chi connectivity index (χ2n) is 2.99. The van der Waals surface area contributed by atoms with Crippen LogP contribution in [0.4, 0.5) is 5.82 Å². The van der Waals surface area contributed by atoms with Gasteiger partial charge in [-0.2, -0.15) is 0 Å². The molecule has 2 aromatic rings. The molecule has 0 saturated carbocycles. The molecule has 4 nitrogen and oxygen atoms in total. The van der Waals surface area contributed by atoms with Gasteiger partial charge in [-0.3, -0.25) is 0 Å². The van der Waals surface area contributed by atoms with Crippen LogP contribution >= 0.6 is 0 Å². The Balaban J connectivity index is 2.69. The number of benzene rings is 1. The molecule has 0 radical (unpaired) electrons. The maximum atomic E-state index is 9.07. The second kappa shape index (κ2) is 3.61. The Morgan fingerprint density at radius 1 is 1.36 bits per heavy atom. The van der Waals surface area contributed by atoms with Crippen LogP contribution in [0.15, 0.2) is 30.3 Å². The van der Waals surface area contributed by atoms with Crippen molar-refractivity contribution in [2.24, 2.45) is 5.84 Å². The molecule has 0 amide bonds. The number of hydrazine groups is 1. The Labute approximate surface area is 81.4 Å². The molecule has 0 saturated heterocycles. The van der Waals surface area contributed by atoms with Gasteiger partial charge < -0.3 is 10.5 Å². The van der Waals surface area contributed by atoms with Gasteiger partial charge in [-0.05, 0) is 12.1 Å². The van der Waals surface area contributed by atoms with E-state index >= 15 is 0 Å². The highest BCUT2D eigenvalue weighted by molar-refractivity contribution is 5.81. The lowest BCUT2D eigenvalue weighted by Crippen LogP contribution is -2.11. The summed E-state index contributed by atoms with van der Waals surface area (Å²) < 4.78 is 0. The highest BCUT2D eigenvalue weighted by Crippen LogP contribution is 2.19. The number of aromatic nitrogens is 1. The zero-order valence-electron chi connectivity index (χ0n) is 7.57. The molecule has 1 aromatic carbocycles. The number of nitrogens with one attached hydrogen (secondary N) is 1. The molecule has 2 rings (SSSR count). The molecule has 0 aliphatic heterocycles. The largest absolute Gasteiger partial charge is 0.392 e. The summed E-state index contributed by atoms with van der Waals surface area (Å²) in [5.74, 6) is 5.81. The van der Waals surface area contributed by atoms with Crippen LogP contribution in [0.5, 0.6) is 0 Å². The van der Waals surface area contributed by atoms with Crippen molar-refractivity contribution in [1.82, 2.24) is 4.98 Å². The van der Waals surface area contributed by atoms with E-state index in [1.165, 1.54) is 0 Å². The minimum absolute atomic E-state index is 0.0721. The van der Waals surface area contributed by atoms with Crippen LogP contribution in [0.1, 0.15) is 5.56 Å². The van der Waals surface area contributed by atoms with Gasteiger partial charge in [-0.15, -0.1) is 0 Å². The minimum Gasteiger partial charge on any atom is -0.392 e. The van der Waals surface area contributed by atoms with Gasteiger partial charge in [0.2, 0.25) is 0 Å². The number of nitrogens with zero attached hydrogens (tertiary/aromatic N) is 1. The van der Waals surface area contributed by atoms with Crippen LogP contribution in [0.25, 0.3) is 10.9 Å². The molecule has 0 atom stereocenters. The summed E-state index contributed by atoms with van der Waals surface area (Å²) in [4.78, 5) is 4.27. The van der Waals surface area contributed by atoms with Gasteiger partial charge in [0.05, 0.1) is 12.1 Å². The Morgan fingerprint density at radius 2 is 2.14 bits per heavy atom. The standard InChI is InChI=1S/C10H11N3O/c11-13-10-8(6-14)5-7-3-1-2-4-9(7)12-10/h1-5,14H,6,11H2,(H,12,13). The molecular weight excluding hydrogens is 178 g/mol. The Morgan fingerprint density at radius 3 is 2.86 bits per heavy atom. The second-order valence-corrected chi connectivity index (χ2v) is 2.99. The third-order valence-corrected chi connectivity index (χ3v) is 2.11. The zero-order chi connectivity index (χ0) is 9.97. The fourth-order valence-corrected chi connectivity index (χ4v) is 1.41. The van der Waals surface area contributed by atoms with Crippen molar-refractivity contribution in [2.75, 3.05) is 5.43 Å². The number of aliphatic hydroxyl groups is 1. The van der Waals surface area contributed by atoms with Crippen LogP contribution in [-0.2, 0) is 6.61 Å². The Bertz CT molecular complexity index is 414. The molecule has 14 heavy (non-hydrogen) atoms. The quantitative estimate of drug-likeness (QED) is 0.487. The lowest BCUT2D eigenvalue weighted by molar-refractivity contribution is 0.282. The van der Waals surface area contributed by atoms with Crippen LogP contribution in [0.2, 0.25) is 0 Å². The van der Waals surface area contributed by atoms with Crippen LogP contribution in [-0.4, -0.2) is 10.1 Å². The van der Waals surface area contributed by atoms with Gasteiger partial charge in [0.1, 0.15) is 5.82 Å². The van der Waals surface area contributed by atoms with Crippen molar-refractivity contribution in [2.45, 2.75) is 6.61 Å². The zero-order valence-corrected chi connectivity index (χ0v) is 7.57. The average Bonchev–Trinajstić information content (AvgIpc) is 2.27. The summed E-state index contributed by atoms with van der Waals surface area (Å²) in [5, 5.41) is 10.1. The van der Waals surface area contributed by atoms with Gasteiger partial charge in [0.15, 0.2) is 0 Å². The minimum atomic E-state index is -0.0721. The molecule has 0 aliphatic rings. The predicted molar refractivity (Wildman–Crippen MR) is 55.5 cm³/mol. The molecule has 72 valence electrons. The van der Waals surface area contributed by atoms with Crippen LogP contribution < -0.4 is 11.3 Å². The fourth-order valence-electron chi connectivity index (χ4n) is 1.41. The van der Waals surface area contributed by atoms with E-state index in [-0.39, 0.29) is 6.61 Å². The Hall–Kier alpha value is -1.65. The Kier molecular flexibility index (Phi) is 2.30. The number of fused-ring (bicyclic) bond motifs is 1. The number of nitrogen functional groups attached to an aromatic ring is 1. The number of pyridine rings is 1. The number of hydrogen-bond donors (Lipinski definition) is 3. The van der Waals surface area contributed by atoms with E-state index in [1.807, 2.05) is 30.3 Å². The number of nitrogens with two attached hydrogens (primary N) is 1. The van der Waals surface area contributed by atoms with Crippen molar-refractivity contribution in [3.8, 4) is 0 Å². The molecule has 0 spiro atoms. The molecule has 0 fully saturated rings. The highest BCUT2D eigenvalue weighted by atomic mass is 16.3. The molecule has 0 bridgehead atoms. The molecule has 1 aromatic heterocycles. The summed E-state index contributed by atoms with van der Waals surface area (Å²) in [5.41, 5.74) is 4.03. The highest BCUT2D eigenvalue weighted by Gasteiger charge is 2.03. The number of rotatable bonds is 2. The normalized spacial score (nSPS) is 10.4. The monoisotopic (exact) mass is 189 g/mol. The van der Waals surface area contributed by atoms with Crippen LogP contribution in [0, 0.1) is 0 Å². The SMILES string of the molecule is NNc1nc2ccccc2cc1CO. The first kappa shape index (κ1) is 8.93. The van der Waals surface area contributed by atoms with E-state index in [9.17, 15) is 0 Å². The van der Waals surface area contributed by atoms with Crippen molar-refractivity contribution < 1.29 is 5.11 Å².